The first-order valence-corrected chi connectivity index (χ1v) is 36.1. The van der Waals surface area contributed by atoms with E-state index in [1.807, 2.05) is 6.08 Å². The third kappa shape index (κ3) is 48.9. The number of hydrogen-bond acceptors (Lipinski definition) is 10. The van der Waals surface area contributed by atoms with Crippen LogP contribution in [0.1, 0.15) is 335 Å². The number of rotatable bonds is 62. The van der Waals surface area contributed by atoms with Crippen LogP contribution >= 0.6 is 0 Å². The molecular weight excluding hydrogens is 1060 g/mol. The molecule has 0 radical (unpaired) electrons. The van der Waals surface area contributed by atoms with Gasteiger partial charge in [0.25, 0.3) is 0 Å². The first-order chi connectivity index (χ1) is 41.7. The van der Waals surface area contributed by atoms with Crippen molar-refractivity contribution in [1.29, 1.82) is 0 Å². The molecule has 8 unspecified atom stereocenters. The number of carbonyl (C=O) groups excluding carboxylic acids is 2. The van der Waals surface area contributed by atoms with E-state index in [0.29, 0.717) is 12.8 Å². The van der Waals surface area contributed by atoms with Crippen LogP contribution in [0.4, 0.5) is 0 Å². The number of hydrogen-bond donors (Lipinski definition) is 6. The molecule has 85 heavy (non-hydrogen) atoms. The van der Waals surface area contributed by atoms with Crippen LogP contribution in [0.5, 0.6) is 0 Å². The summed E-state index contributed by atoms with van der Waals surface area (Å²) in [5.41, 5.74) is 0. The van der Waals surface area contributed by atoms with Crippen LogP contribution in [-0.2, 0) is 23.8 Å². The fourth-order valence-corrected chi connectivity index (χ4v) is 11.2. The molecule has 496 valence electrons. The van der Waals surface area contributed by atoms with Crippen LogP contribution in [-0.4, -0.2) is 99.6 Å². The number of amides is 1. The summed E-state index contributed by atoms with van der Waals surface area (Å²) in [5, 5.41) is 57.2. The van der Waals surface area contributed by atoms with Gasteiger partial charge in [-0.3, -0.25) is 9.59 Å². The minimum atomic E-state index is -1.62. The Morgan fingerprint density at radius 2 is 0.812 bits per heavy atom. The molecule has 0 aliphatic carbocycles. The lowest BCUT2D eigenvalue weighted by atomic mass is 9.99. The van der Waals surface area contributed by atoms with Crippen LogP contribution in [0, 0.1) is 0 Å². The Morgan fingerprint density at radius 3 is 1.25 bits per heavy atom. The van der Waals surface area contributed by atoms with Crippen molar-refractivity contribution in [3.63, 3.8) is 0 Å². The molecular formula is C74H135NO10. The summed E-state index contributed by atoms with van der Waals surface area (Å²) in [7, 11) is 0. The van der Waals surface area contributed by atoms with Crippen molar-refractivity contribution < 1.29 is 49.3 Å². The molecule has 1 rings (SSSR count). The van der Waals surface area contributed by atoms with Gasteiger partial charge >= 0.3 is 5.97 Å². The van der Waals surface area contributed by atoms with Gasteiger partial charge in [0.2, 0.25) is 5.91 Å². The van der Waals surface area contributed by atoms with Crippen LogP contribution in [0.3, 0.4) is 0 Å². The molecule has 0 aromatic heterocycles. The van der Waals surface area contributed by atoms with E-state index < -0.39 is 67.4 Å². The van der Waals surface area contributed by atoms with E-state index >= 15 is 0 Å². The number of nitrogens with one attached hydrogen (secondary N) is 1. The monoisotopic (exact) mass is 1200 g/mol. The fourth-order valence-electron chi connectivity index (χ4n) is 11.2. The maximum atomic E-state index is 13.5. The van der Waals surface area contributed by atoms with E-state index in [1.165, 1.54) is 212 Å². The van der Waals surface area contributed by atoms with Gasteiger partial charge in [0.15, 0.2) is 12.4 Å². The van der Waals surface area contributed by atoms with Gasteiger partial charge in [-0.2, -0.15) is 0 Å². The second-order valence-electron chi connectivity index (χ2n) is 25.0. The number of esters is 1. The van der Waals surface area contributed by atoms with Gasteiger partial charge < -0.3 is 45.1 Å². The third-order valence-electron chi connectivity index (χ3n) is 16.9. The quantitative estimate of drug-likeness (QED) is 0.0195. The summed E-state index contributed by atoms with van der Waals surface area (Å²) in [6.45, 7) is 5.78. The smallest absolute Gasteiger partial charge is 0.306 e. The summed E-state index contributed by atoms with van der Waals surface area (Å²) < 4.78 is 17.7. The maximum Gasteiger partial charge on any atom is 0.306 e. The van der Waals surface area contributed by atoms with Gasteiger partial charge in [0.1, 0.15) is 24.4 Å². The second-order valence-corrected chi connectivity index (χ2v) is 25.0. The molecule has 11 nitrogen and oxygen atoms in total. The van der Waals surface area contributed by atoms with Crippen molar-refractivity contribution in [1.82, 2.24) is 5.32 Å². The largest absolute Gasteiger partial charge is 0.454 e. The predicted octanol–water partition coefficient (Wildman–Crippen LogP) is 18.5. The highest BCUT2D eigenvalue weighted by atomic mass is 16.7. The van der Waals surface area contributed by atoms with E-state index in [9.17, 15) is 35.1 Å². The SMILES string of the molecule is CCCCC/C=C\C/C=C\C/C=C\CCCCCC(O)C(=O)NC(COC1OC(CO)C(O)C(O)C1OC(=O)CCCCCCCCCCCCCCCCCCC/C=C/CCCCCCCC)C(O)/C=C/CCCCCCCCCCCCC. The molecule has 1 fully saturated rings. The summed E-state index contributed by atoms with van der Waals surface area (Å²) in [4.78, 5) is 26.7. The number of carbonyl (C=O) groups is 2. The Bertz CT molecular complexity index is 1620. The van der Waals surface area contributed by atoms with E-state index in [1.54, 1.807) is 6.08 Å². The molecule has 11 heteroatoms. The minimum Gasteiger partial charge on any atom is -0.454 e. The highest BCUT2D eigenvalue weighted by Gasteiger charge is 2.47. The minimum absolute atomic E-state index is 0.123. The van der Waals surface area contributed by atoms with Gasteiger partial charge in [-0.15, -0.1) is 0 Å². The molecule has 0 bridgehead atoms. The summed E-state index contributed by atoms with van der Waals surface area (Å²) in [5.74, 6) is -1.21. The van der Waals surface area contributed by atoms with Gasteiger partial charge in [0.05, 0.1) is 25.4 Å². The third-order valence-corrected chi connectivity index (χ3v) is 16.9. The topological polar surface area (TPSA) is 175 Å². The molecule has 8 atom stereocenters. The van der Waals surface area contributed by atoms with Crippen LogP contribution in [0.2, 0.25) is 0 Å². The molecule has 0 aromatic rings. The normalized spacial score (nSPS) is 18.7. The maximum absolute atomic E-state index is 13.5. The van der Waals surface area contributed by atoms with Gasteiger partial charge in [-0.05, 0) is 89.9 Å². The van der Waals surface area contributed by atoms with E-state index in [4.69, 9.17) is 14.2 Å². The fraction of sp³-hybridized carbons (Fsp3) is 0.838. The molecule has 6 N–H and O–H groups in total. The zero-order chi connectivity index (χ0) is 61.7. The number of aliphatic hydroxyl groups is 5. The molecule has 1 aliphatic heterocycles. The van der Waals surface area contributed by atoms with Crippen molar-refractivity contribution in [2.75, 3.05) is 13.2 Å². The molecule has 0 spiro atoms. The van der Waals surface area contributed by atoms with Crippen molar-refractivity contribution in [3.05, 3.63) is 60.8 Å². The summed E-state index contributed by atoms with van der Waals surface area (Å²) in [6.07, 6.45) is 68.4. The van der Waals surface area contributed by atoms with Crippen LogP contribution in [0.25, 0.3) is 0 Å². The van der Waals surface area contributed by atoms with Gasteiger partial charge in [0, 0.05) is 6.42 Å². The van der Waals surface area contributed by atoms with Gasteiger partial charge in [-0.25, -0.2) is 0 Å². The first-order valence-electron chi connectivity index (χ1n) is 36.1. The molecule has 0 saturated carbocycles. The number of aliphatic hydroxyl groups excluding tert-OH is 5. The Kier molecular flexibility index (Phi) is 58.2. The molecule has 0 aromatic carbocycles. The number of ether oxygens (including phenoxy) is 3. The zero-order valence-corrected chi connectivity index (χ0v) is 55.2. The van der Waals surface area contributed by atoms with Crippen LogP contribution < -0.4 is 5.32 Å². The van der Waals surface area contributed by atoms with E-state index in [2.05, 4.69) is 74.7 Å². The lowest BCUT2D eigenvalue weighted by Gasteiger charge is -2.41. The highest BCUT2D eigenvalue weighted by molar-refractivity contribution is 5.80. The molecule has 1 heterocycles. The van der Waals surface area contributed by atoms with Crippen LogP contribution in [0.15, 0.2) is 60.8 Å². The lowest BCUT2D eigenvalue weighted by molar-refractivity contribution is -0.305. The lowest BCUT2D eigenvalue weighted by Crippen LogP contribution is -2.61. The van der Waals surface area contributed by atoms with Crippen molar-refractivity contribution >= 4 is 11.9 Å². The Labute approximate surface area is 522 Å². The summed E-state index contributed by atoms with van der Waals surface area (Å²) in [6, 6.07) is -1.04. The first kappa shape index (κ1) is 80.4. The van der Waals surface area contributed by atoms with Crippen molar-refractivity contribution in [3.8, 4) is 0 Å². The predicted molar refractivity (Wildman–Crippen MR) is 356 cm³/mol. The highest BCUT2D eigenvalue weighted by Crippen LogP contribution is 2.26. The molecule has 1 saturated heterocycles. The Morgan fingerprint density at radius 1 is 0.459 bits per heavy atom. The average molecular weight is 1200 g/mol. The zero-order valence-electron chi connectivity index (χ0n) is 55.2. The van der Waals surface area contributed by atoms with Gasteiger partial charge in [-0.1, -0.05) is 300 Å². The van der Waals surface area contributed by atoms with E-state index in [-0.39, 0.29) is 19.4 Å². The number of allylic oxidation sites excluding steroid dienone is 9. The Balaban J connectivity index is 2.55. The standard InChI is InChI=1S/C74H135NO10/c1-4-7-10-13-16-19-22-25-27-29-30-31-32-33-34-35-36-37-38-39-41-44-47-50-53-56-59-62-69(79)85-72-71(81)70(80)68(63-76)84-74(72)83-64-65(66(77)60-57-54-51-48-45-42-24-21-18-15-12-9-6-3)75-73(82)67(78)61-58-55-52-49-46-43-40-28-26-23-20-17-14-11-8-5-2/h17,20,25-28,43,46,57,60,65-68,70-72,74,76-78,80-81H,4-16,18-19,21-24,29-42,44-45,47-56,58-59,61-64H2,1-3H3,(H,75,82)/b20-17-,27-25+,28-26-,46-43-,60-57+. The van der Waals surface area contributed by atoms with Crippen molar-refractivity contribution in [2.24, 2.45) is 0 Å². The van der Waals surface area contributed by atoms with E-state index in [0.717, 1.165) is 77.0 Å². The Hall–Kier alpha value is -2.64. The molecule has 1 aliphatic rings. The second kappa shape index (κ2) is 61.6. The summed E-state index contributed by atoms with van der Waals surface area (Å²) >= 11 is 0. The molecule has 1 amide bonds. The number of unbranched alkanes of at least 4 members (excludes halogenated alkanes) is 40. The average Bonchev–Trinajstić information content (AvgIpc) is 3.13. The van der Waals surface area contributed by atoms with Crippen molar-refractivity contribution in [2.45, 2.75) is 384 Å².